The van der Waals surface area contributed by atoms with Crippen LogP contribution in [0.5, 0.6) is 0 Å². The Bertz CT molecular complexity index is 907. The van der Waals surface area contributed by atoms with E-state index in [0.29, 0.717) is 6.54 Å². The van der Waals surface area contributed by atoms with Crippen molar-refractivity contribution in [3.05, 3.63) is 59.7 Å². The van der Waals surface area contributed by atoms with Crippen LogP contribution in [0, 0.1) is 23.5 Å². The number of hydrogen-bond acceptors (Lipinski definition) is 2. The number of nitrogens with zero attached hydrogens (tertiary/aromatic N) is 1. The van der Waals surface area contributed by atoms with Gasteiger partial charge in [-0.15, -0.1) is 0 Å². The molecule has 2 fully saturated rings. The molecule has 2 aromatic rings. The molecule has 1 aliphatic carbocycles. The Labute approximate surface area is 162 Å². The van der Waals surface area contributed by atoms with Crippen molar-refractivity contribution in [1.29, 1.82) is 0 Å². The molecular formula is C22H23F3N2O. The summed E-state index contributed by atoms with van der Waals surface area (Å²) in [6.07, 6.45) is 0.00940. The minimum absolute atomic E-state index is 0.00940. The second-order valence-electron chi connectivity index (χ2n) is 8.08. The van der Waals surface area contributed by atoms with Gasteiger partial charge in [0.1, 0.15) is 17.3 Å². The predicted molar refractivity (Wildman–Crippen MR) is 101 cm³/mol. The average molecular weight is 388 g/mol. The first-order chi connectivity index (χ1) is 13.3. The van der Waals surface area contributed by atoms with Crippen LogP contribution in [0.4, 0.5) is 13.2 Å². The van der Waals surface area contributed by atoms with Crippen LogP contribution in [0.25, 0.3) is 11.1 Å². The third-order valence-electron chi connectivity index (χ3n) is 6.05. The Morgan fingerprint density at radius 2 is 1.82 bits per heavy atom. The van der Waals surface area contributed by atoms with Gasteiger partial charge in [-0.05, 0) is 36.1 Å². The maximum Gasteiger partial charge on any atom is 0.229 e. The molecular weight excluding hydrogens is 365 g/mol. The number of benzene rings is 2. The van der Waals surface area contributed by atoms with Gasteiger partial charge in [-0.2, -0.15) is 0 Å². The number of rotatable bonds is 4. The van der Waals surface area contributed by atoms with Crippen LogP contribution in [0.3, 0.4) is 0 Å². The van der Waals surface area contributed by atoms with E-state index in [1.165, 1.54) is 18.2 Å². The molecule has 2 aliphatic rings. The average Bonchev–Trinajstić information content (AvgIpc) is 3.31. The van der Waals surface area contributed by atoms with Crippen LogP contribution in [0.1, 0.15) is 25.8 Å². The zero-order chi connectivity index (χ0) is 20.2. The Morgan fingerprint density at radius 1 is 1.18 bits per heavy atom. The Hall–Kier alpha value is -2.34. The van der Waals surface area contributed by atoms with Gasteiger partial charge in [0.25, 0.3) is 0 Å². The van der Waals surface area contributed by atoms with Gasteiger partial charge in [0.2, 0.25) is 5.91 Å². The quantitative estimate of drug-likeness (QED) is 0.860. The second-order valence-corrected chi connectivity index (χ2v) is 8.08. The summed E-state index contributed by atoms with van der Waals surface area (Å²) in [7, 11) is 0. The maximum absolute atomic E-state index is 15.8. The molecule has 1 unspecified atom stereocenters. The fourth-order valence-corrected chi connectivity index (χ4v) is 4.59. The number of hydrogen-bond donors (Lipinski definition) is 1. The lowest BCUT2D eigenvalue weighted by Gasteiger charge is -2.49. The van der Waals surface area contributed by atoms with E-state index in [-0.39, 0.29) is 47.0 Å². The Morgan fingerprint density at radius 3 is 2.43 bits per heavy atom. The normalized spacial score (nSPS) is 29.9. The molecule has 4 rings (SSSR count). The Kier molecular flexibility index (Phi) is 4.49. The van der Waals surface area contributed by atoms with Crippen LogP contribution in [0.15, 0.2) is 42.5 Å². The SMILES string of the molecule is CC(N)[C@@H]1[C@H](C)CN1C(=O)[C@@H]1C[C@@]1(F)c1ccccc1-c1c(F)cccc1F. The van der Waals surface area contributed by atoms with Crippen molar-refractivity contribution in [3.63, 3.8) is 0 Å². The van der Waals surface area contributed by atoms with Crippen molar-refractivity contribution in [1.82, 2.24) is 4.90 Å². The molecule has 2 aromatic carbocycles. The Balaban J connectivity index is 1.66. The summed E-state index contributed by atoms with van der Waals surface area (Å²) >= 11 is 0. The lowest BCUT2D eigenvalue weighted by Crippen LogP contribution is -2.64. The van der Waals surface area contributed by atoms with Crippen molar-refractivity contribution in [2.75, 3.05) is 6.54 Å². The molecule has 6 heteroatoms. The van der Waals surface area contributed by atoms with Crippen molar-refractivity contribution < 1.29 is 18.0 Å². The van der Waals surface area contributed by atoms with Crippen LogP contribution in [-0.2, 0) is 10.5 Å². The summed E-state index contributed by atoms with van der Waals surface area (Å²) in [6.45, 7) is 4.41. The molecule has 28 heavy (non-hydrogen) atoms. The molecule has 2 N–H and O–H groups in total. The number of halogens is 3. The fourth-order valence-electron chi connectivity index (χ4n) is 4.59. The van der Waals surface area contributed by atoms with Gasteiger partial charge in [0, 0.05) is 19.0 Å². The van der Waals surface area contributed by atoms with Crippen LogP contribution in [-0.4, -0.2) is 29.4 Å². The van der Waals surface area contributed by atoms with Gasteiger partial charge in [0.15, 0.2) is 0 Å². The third-order valence-corrected chi connectivity index (χ3v) is 6.05. The first-order valence-electron chi connectivity index (χ1n) is 9.54. The third kappa shape index (κ3) is 2.82. The largest absolute Gasteiger partial charge is 0.337 e. The van der Waals surface area contributed by atoms with Crippen molar-refractivity contribution in [2.45, 2.75) is 38.0 Å². The van der Waals surface area contributed by atoms with E-state index < -0.39 is 23.2 Å². The van der Waals surface area contributed by atoms with Crippen LogP contribution in [0.2, 0.25) is 0 Å². The fraction of sp³-hybridized carbons (Fsp3) is 0.409. The molecule has 1 saturated heterocycles. The number of carbonyl (C=O) groups is 1. The predicted octanol–water partition coefficient (Wildman–Crippen LogP) is 4.01. The lowest BCUT2D eigenvalue weighted by atomic mass is 9.85. The van der Waals surface area contributed by atoms with E-state index in [1.54, 1.807) is 17.0 Å². The minimum Gasteiger partial charge on any atom is -0.337 e. The molecule has 0 spiro atoms. The first kappa shape index (κ1) is 19.0. The molecule has 1 aliphatic heterocycles. The number of carbonyl (C=O) groups excluding carboxylic acids is 1. The van der Waals surface area contributed by atoms with Crippen molar-refractivity contribution in [3.8, 4) is 11.1 Å². The van der Waals surface area contributed by atoms with E-state index >= 15 is 4.39 Å². The van der Waals surface area contributed by atoms with Crippen molar-refractivity contribution >= 4 is 5.91 Å². The monoisotopic (exact) mass is 388 g/mol. The number of likely N-dealkylation sites (tertiary alicyclic amines) is 1. The van der Waals surface area contributed by atoms with E-state index in [1.807, 2.05) is 13.8 Å². The zero-order valence-corrected chi connectivity index (χ0v) is 15.8. The molecule has 0 radical (unpaired) electrons. The molecule has 1 saturated carbocycles. The molecule has 0 bridgehead atoms. The highest BCUT2D eigenvalue weighted by Crippen LogP contribution is 2.59. The summed E-state index contributed by atoms with van der Waals surface area (Å²) < 4.78 is 44.4. The van der Waals surface area contributed by atoms with E-state index in [2.05, 4.69) is 0 Å². The number of nitrogens with two attached hydrogens (primary N) is 1. The van der Waals surface area contributed by atoms with Gasteiger partial charge in [-0.1, -0.05) is 37.3 Å². The van der Waals surface area contributed by atoms with Gasteiger partial charge in [-0.3, -0.25) is 4.79 Å². The van der Waals surface area contributed by atoms with Crippen molar-refractivity contribution in [2.24, 2.45) is 17.6 Å². The van der Waals surface area contributed by atoms with Crippen LogP contribution >= 0.6 is 0 Å². The summed E-state index contributed by atoms with van der Waals surface area (Å²) in [5, 5.41) is 0. The second kappa shape index (κ2) is 6.62. The molecule has 148 valence electrons. The number of amides is 1. The van der Waals surface area contributed by atoms with Gasteiger partial charge < -0.3 is 10.6 Å². The van der Waals surface area contributed by atoms with Crippen LogP contribution < -0.4 is 5.73 Å². The summed E-state index contributed by atoms with van der Waals surface area (Å²) in [5.41, 5.74) is 4.09. The van der Waals surface area contributed by atoms with E-state index in [9.17, 15) is 13.6 Å². The molecule has 0 aromatic heterocycles. The molecule has 1 heterocycles. The summed E-state index contributed by atoms with van der Waals surface area (Å²) in [6, 6.07) is 9.49. The summed E-state index contributed by atoms with van der Waals surface area (Å²) in [4.78, 5) is 14.5. The van der Waals surface area contributed by atoms with Gasteiger partial charge >= 0.3 is 0 Å². The van der Waals surface area contributed by atoms with E-state index in [4.69, 9.17) is 5.73 Å². The van der Waals surface area contributed by atoms with Gasteiger partial charge in [-0.25, -0.2) is 13.2 Å². The maximum atomic E-state index is 15.8. The van der Waals surface area contributed by atoms with E-state index in [0.717, 1.165) is 12.1 Å². The topological polar surface area (TPSA) is 46.3 Å². The van der Waals surface area contributed by atoms with Gasteiger partial charge in [0.05, 0.1) is 17.5 Å². The lowest BCUT2D eigenvalue weighted by molar-refractivity contribution is -0.146. The summed E-state index contributed by atoms with van der Waals surface area (Å²) in [5.74, 6) is -2.36. The first-order valence-corrected chi connectivity index (χ1v) is 9.54. The highest BCUT2D eigenvalue weighted by Gasteiger charge is 2.64. The molecule has 5 atom stereocenters. The molecule has 3 nitrogen and oxygen atoms in total. The molecule has 1 amide bonds. The highest BCUT2D eigenvalue weighted by atomic mass is 19.1. The standard InChI is InChI=1S/C22H23F3N2O/c1-12-11-27(20(12)13(2)26)21(28)16-10-22(16,25)15-7-4-3-6-14(15)19-17(23)8-5-9-18(19)24/h3-9,12-13,16,20H,10-11,26H2,1-2H3/t12-,13?,16+,20+,22-/m1/s1. The zero-order valence-electron chi connectivity index (χ0n) is 15.8. The number of alkyl halides is 1. The minimum atomic E-state index is -1.93. The smallest absolute Gasteiger partial charge is 0.229 e. The highest BCUT2D eigenvalue weighted by molar-refractivity contribution is 5.86.